The minimum Gasteiger partial charge on any atom is -0.495 e. The van der Waals surface area contributed by atoms with E-state index in [1.807, 2.05) is 0 Å². The number of esters is 1. The Labute approximate surface area is 162 Å². The van der Waals surface area contributed by atoms with Crippen LogP contribution in [-0.4, -0.2) is 23.2 Å². The number of hydrogen-bond acceptors (Lipinski definition) is 5. The Morgan fingerprint density at radius 1 is 1.26 bits per heavy atom. The molecule has 0 fully saturated rings. The molecule has 1 aromatic heterocycles. The van der Waals surface area contributed by atoms with Gasteiger partial charge in [0.05, 0.1) is 24.9 Å². The molecule has 0 aliphatic rings. The highest BCUT2D eigenvalue weighted by Gasteiger charge is 2.25. The molecule has 0 bridgehead atoms. The number of nitriles is 1. The van der Waals surface area contributed by atoms with E-state index in [1.165, 1.54) is 23.9 Å². The van der Waals surface area contributed by atoms with Crippen molar-refractivity contribution in [2.75, 3.05) is 7.11 Å². The third-order valence-corrected chi connectivity index (χ3v) is 4.06. The molecule has 2 rings (SSSR count). The first-order valence-electron chi connectivity index (χ1n) is 8.30. The Morgan fingerprint density at radius 2 is 1.93 bits per heavy atom. The number of benzene rings is 1. The number of pyridine rings is 1. The number of carbonyl (C=O) groups is 1. The lowest BCUT2D eigenvalue weighted by Crippen LogP contribution is -2.33. The van der Waals surface area contributed by atoms with Crippen LogP contribution in [0.2, 0.25) is 5.02 Å². The van der Waals surface area contributed by atoms with E-state index >= 15 is 0 Å². The molecular formula is C20H21ClN2O4. The molecule has 0 aliphatic carbocycles. The van der Waals surface area contributed by atoms with Crippen molar-refractivity contribution in [1.82, 2.24) is 4.57 Å². The van der Waals surface area contributed by atoms with Crippen molar-refractivity contribution in [1.29, 1.82) is 5.26 Å². The van der Waals surface area contributed by atoms with Crippen LogP contribution in [0.1, 0.15) is 39.3 Å². The Hall–Kier alpha value is -2.78. The molecule has 142 valence electrons. The molecule has 0 amide bonds. The minimum atomic E-state index is -0.838. The molecule has 6 nitrogen and oxygen atoms in total. The van der Waals surface area contributed by atoms with Crippen LogP contribution < -0.4 is 10.3 Å². The maximum atomic E-state index is 12.7. The van der Waals surface area contributed by atoms with E-state index in [1.54, 1.807) is 45.9 Å². The molecule has 1 aromatic carbocycles. The number of nitrogens with zero attached hydrogens (tertiary/aromatic N) is 2. The highest BCUT2D eigenvalue weighted by atomic mass is 35.5. The molecule has 0 saturated carbocycles. The summed E-state index contributed by atoms with van der Waals surface area (Å²) in [6.07, 6.45) is 1.44. The quantitative estimate of drug-likeness (QED) is 0.740. The molecule has 1 unspecified atom stereocenters. The molecule has 0 aliphatic heterocycles. The zero-order chi connectivity index (χ0) is 20.4. The largest absolute Gasteiger partial charge is 0.495 e. The van der Waals surface area contributed by atoms with Crippen molar-refractivity contribution < 1.29 is 14.3 Å². The van der Waals surface area contributed by atoms with Crippen molar-refractivity contribution in [2.45, 2.75) is 39.3 Å². The number of ether oxygens (including phenoxy) is 2. The van der Waals surface area contributed by atoms with Gasteiger partial charge in [0.15, 0.2) is 0 Å². The molecule has 0 spiro atoms. The van der Waals surface area contributed by atoms with E-state index in [2.05, 4.69) is 6.07 Å². The van der Waals surface area contributed by atoms with Gasteiger partial charge in [-0.05, 0) is 45.9 Å². The van der Waals surface area contributed by atoms with Crippen LogP contribution in [0.4, 0.5) is 0 Å². The third-order valence-electron chi connectivity index (χ3n) is 3.82. The normalized spacial score (nSPS) is 12.2. The summed E-state index contributed by atoms with van der Waals surface area (Å²) >= 11 is 6.05. The fourth-order valence-electron chi connectivity index (χ4n) is 2.54. The van der Waals surface area contributed by atoms with E-state index in [9.17, 15) is 14.9 Å². The lowest BCUT2D eigenvalue weighted by Gasteiger charge is -2.23. The van der Waals surface area contributed by atoms with Crippen molar-refractivity contribution in [3.05, 3.63) is 51.4 Å². The van der Waals surface area contributed by atoms with Crippen molar-refractivity contribution in [3.63, 3.8) is 0 Å². The fraction of sp³-hybridized carbons (Fsp3) is 0.350. The first-order chi connectivity index (χ1) is 12.6. The molecular weight excluding hydrogens is 368 g/mol. The average molecular weight is 389 g/mol. The van der Waals surface area contributed by atoms with Gasteiger partial charge in [0.1, 0.15) is 17.4 Å². The van der Waals surface area contributed by atoms with E-state index in [4.69, 9.17) is 21.1 Å². The van der Waals surface area contributed by atoms with Crippen molar-refractivity contribution in [3.8, 4) is 22.9 Å². The van der Waals surface area contributed by atoms with Gasteiger partial charge in [0, 0.05) is 22.2 Å². The standard InChI is InChI=1S/C20H21ClN2O4/c1-12(19(25)27-20(2,3)4)23-11-17(26-5)16(9-18(23)24)15-8-14(21)7-6-13(15)10-22/h6-9,11-12H,1-5H3. The summed E-state index contributed by atoms with van der Waals surface area (Å²) in [7, 11) is 1.45. The van der Waals surface area contributed by atoms with Crippen LogP contribution >= 0.6 is 11.6 Å². The van der Waals surface area contributed by atoms with E-state index < -0.39 is 23.2 Å². The van der Waals surface area contributed by atoms with Crippen LogP contribution in [0.25, 0.3) is 11.1 Å². The Kier molecular flexibility index (Phi) is 5.97. The summed E-state index contributed by atoms with van der Waals surface area (Å²) in [4.78, 5) is 25.0. The smallest absolute Gasteiger partial charge is 0.329 e. The number of aromatic nitrogens is 1. The predicted octanol–water partition coefficient (Wildman–Crippen LogP) is 3.95. The predicted molar refractivity (Wildman–Crippen MR) is 103 cm³/mol. The maximum Gasteiger partial charge on any atom is 0.329 e. The lowest BCUT2D eigenvalue weighted by atomic mass is 10.0. The number of methoxy groups -OCH3 is 1. The van der Waals surface area contributed by atoms with Crippen LogP contribution in [-0.2, 0) is 9.53 Å². The average Bonchev–Trinajstić information content (AvgIpc) is 2.59. The summed E-state index contributed by atoms with van der Waals surface area (Å²) < 4.78 is 12.0. The third kappa shape index (κ3) is 4.69. The molecule has 0 N–H and O–H groups in total. The van der Waals surface area contributed by atoms with Gasteiger partial charge in [-0.15, -0.1) is 0 Å². The SMILES string of the molecule is COc1cn(C(C)C(=O)OC(C)(C)C)c(=O)cc1-c1cc(Cl)ccc1C#N. The first kappa shape index (κ1) is 20.5. The summed E-state index contributed by atoms with van der Waals surface area (Å²) in [6.45, 7) is 6.85. The van der Waals surface area contributed by atoms with Crippen LogP contribution in [0.15, 0.2) is 35.3 Å². The highest BCUT2D eigenvalue weighted by molar-refractivity contribution is 6.31. The molecule has 0 saturated heterocycles. The Bertz CT molecular complexity index is 967. The summed E-state index contributed by atoms with van der Waals surface area (Å²) in [5.41, 5.74) is 0.176. The molecule has 2 aromatic rings. The molecule has 1 heterocycles. The van der Waals surface area contributed by atoms with Gasteiger partial charge >= 0.3 is 5.97 Å². The summed E-state index contributed by atoms with van der Waals surface area (Å²) in [5.74, 6) is -0.191. The number of rotatable bonds is 4. The minimum absolute atomic E-state index is 0.337. The second-order valence-electron chi connectivity index (χ2n) is 7.01. The number of hydrogen-bond donors (Lipinski definition) is 0. The first-order valence-corrected chi connectivity index (χ1v) is 8.68. The van der Waals surface area contributed by atoms with Gasteiger partial charge in [-0.25, -0.2) is 4.79 Å². The van der Waals surface area contributed by atoms with E-state index in [0.717, 1.165) is 0 Å². The Morgan fingerprint density at radius 3 is 2.48 bits per heavy atom. The molecule has 1 atom stereocenters. The van der Waals surface area contributed by atoms with Gasteiger partial charge in [-0.2, -0.15) is 5.26 Å². The number of carbonyl (C=O) groups excluding carboxylic acids is 1. The molecule has 0 radical (unpaired) electrons. The second-order valence-corrected chi connectivity index (χ2v) is 7.45. The lowest BCUT2D eigenvalue weighted by molar-refractivity contribution is -0.158. The number of halogens is 1. The van der Waals surface area contributed by atoms with Gasteiger partial charge in [0.2, 0.25) is 0 Å². The van der Waals surface area contributed by atoms with Crippen LogP contribution in [0.3, 0.4) is 0 Å². The molecule has 27 heavy (non-hydrogen) atoms. The van der Waals surface area contributed by atoms with Gasteiger partial charge in [-0.1, -0.05) is 11.6 Å². The zero-order valence-corrected chi connectivity index (χ0v) is 16.6. The van der Waals surface area contributed by atoms with Crippen molar-refractivity contribution in [2.24, 2.45) is 0 Å². The summed E-state index contributed by atoms with van der Waals surface area (Å²) in [5, 5.41) is 9.78. The molecule has 7 heteroatoms. The maximum absolute atomic E-state index is 12.7. The van der Waals surface area contributed by atoms with Crippen LogP contribution in [0, 0.1) is 11.3 Å². The highest BCUT2D eigenvalue weighted by Crippen LogP contribution is 2.33. The van der Waals surface area contributed by atoms with Gasteiger partial charge in [0.25, 0.3) is 5.56 Å². The Balaban J connectivity index is 2.57. The van der Waals surface area contributed by atoms with Gasteiger partial charge < -0.3 is 9.47 Å². The van der Waals surface area contributed by atoms with Crippen molar-refractivity contribution >= 4 is 17.6 Å². The summed E-state index contributed by atoms with van der Waals surface area (Å²) in [6, 6.07) is 7.33. The second kappa shape index (κ2) is 7.85. The van der Waals surface area contributed by atoms with E-state index in [0.29, 0.717) is 27.5 Å². The van der Waals surface area contributed by atoms with Crippen LogP contribution in [0.5, 0.6) is 5.75 Å². The van der Waals surface area contributed by atoms with E-state index in [-0.39, 0.29) is 0 Å². The topological polar surface area (TPSA) is 81.3 Å². The monoisotopic (exact) mass is 388 g/mol. The fourth-order valence-corrected chi connectivity index (χ4v) is 2.71. The zero-order valence-electron chi connectivity index (χ0n) is 15.9. The van der Waals surface area contributed by atoms with Gasteiger partial charge in [-0.3, -0.25) is 9.36 Å².